The van der Waals surface area contributed by atoms with E-state index in [0.29, 0.717) is 10.9 Å². The van der Waals surface area contributed by atoms with Crippen LogP contribution in [0.2, 0.25) is 0 Å². The number of carbonyl (C=O) groups excluding carboxylic acids is 1. The highest BCUT2D eigenvalue weighted by atomic mass is 127. The van der Waals surface area contributed by atoms with Gasteiger partial charge in [0.25, 0.3) is 5.78 Å². The Morgan fingerprint density at radius 2 is 1.92 bits per heavy atom. The number of hydrogen-bond donors (Lipinski definition) is 1. The molecule has 0 aliphatic carbocycles. The van der Waals surface area contributed by atoms with Crippen molar-refractivity contribution in [3.8, 4) is 0 Å². The number of nitrogens with zero attached hydrogens (tertiary/aromatic N) is 4. The molecule has 1 amide bonds. The molecule has 1 N–H and O–H groups in total. The summed E-state index contributed by atoms with van der Waals surface area (Å²) in [6.07, 6.45) is 0. The first kappa shape index (κ1) is 17.2. The zero-order valence-corrected chi connectivity index (χ0v) is 16.5. The van der Waals surface area contributed by atoms with E-state index in [2.05, 4.69) is 43.0 Å². The lowest BCUT2D eigenvalue weighted by molar-refractivity contribution is -0.113. The molecular weight excluding hydrogens is 437 g/mol. The Labute approximate surface area is 157 Å². The minimum atomic E-state index is -0.0860. The van der Waals surface area contributed by atoms with Gasteiger partial charge in [-0.1, -0.05) is 11.8 Å². The lowest BCUT2D eigenvalue weighted by atomic mass is 10.2. The van der Waals surface area contributed by atoms with Crippen molar-refractivity contribution in [1.82, 2.24) is 19.6 Å². The summed E-state index contributed by atoms with van der Waals surface area (Å²) in [5.74, 6) is 0.730. The molecule has 0 bridgehead atoms. The average Bonchev–Trinajstić information content (AvgIpc) is 2.96. The highest BCUT2D eigenvalue weighted by Crippen LogP contribution is 2.18. The summed E-state index contributed by atoms with van der Waals surface area (Å²) >= 11 is 3.53. The quantitative estimate of drug-likeness (QED) is 0.485. The third kappa shape index (κ3) is 3.69. The molecule has 0 saturated carbocycles. The molecule has 124 valence electrons. The standard InChI is InChI=1S/C16H16IN5OS/c1-9-10(2)18-15-20-16(21-22(15)11(9)3)24-8-14(23)19-13-6-4-12(17)5-7-13/h4-7H,8H2,1-3H3,(H,19,23). The van der Waals surface area contributed by atoms with E-state index in [9.17, 15) is 4.79 Å². The fraction of sp³-hybridized carbons (Fsp3) is 0.250. The number of hydrogen-bond acceptors (Lipinski definition) is 5. The summed E-state index contributed by atoms with van der Waals surface area (Å²) in [5.41, 5.74) is 3.84. The maximum atomic E-state index is 12.0. The molecule has 0 aliphatic heterocycles. The van der Waals surface area contributed by atoms with Crippen LogP contribution in [0.4, 0.5) is 5.69 Å². The molecule has 0 saturated heterocycles. The van der Waals surface area contributed by atoms with Crippen LogP contribution in [0.3, 0.4) is 0 Å². The molecule has 3 rings (SSSR count). The second-order valence-corrected chi connectivity index (χ2v) is 7.55. The Morgan fingerprint density at radius 3 is 2.62 bits per heavy atom. The molecule has 8 heteroatoms. The van der Waals surface area contributed by atoms with Gasteiger partial charge in [-0.15, -0.1) is 5.10 Å². The molecule has 2 aromatic heterocycles. The third-order valence-corrected chi connectivity index (χ3v) is 5.26. The number of anilines is 1. The number of halogens is 1. The molecule has 0 unspecified atom stereocenters. The SMILES string of the molecule is Cc1nc2nc(SCC(=O)Nc3ccc(I)cc3)nn2c(C)c1C. The minimum Gasteiger partial charge on any atom is -0.325 e. The molecule has 0 aliphatic rings. The Hall–Kier alpha value is -1.68. The molecule has 0 atom stereocenters. The summed E-state index contributed by atoms with van der Waals surface area (Å²) < 4.78 is 2.85. The zero-order valence-electron chi connectivity index (χ0n) is 13.5. The maximum absolute atomic E-state index is 12.0. The van der Waals surface area contributed by atoms with Gasteiger partial charge >= 0.3 is 0 Å². The molecule has 0 spiro atoms. The van der Waals surface area contributed by atoms with Gasteiger partial charge in [0.1, 0.15) is 0 Å². The lowest BCUT2D eigenvalue weighted by Crippen LogP contribution is -2.14. The number of benzene rings is 1. The zero-order chi connectivity index (χ0) is 17.3. The number of aromatic nitrogens is 4. The lowest BCUT2D eigenvalue weighted by Gasteiger charge is -2.04. The van der Waals surface area contributed by atoms with Gasteiger partial charge in [-0.3, -0.25) is 4.79 Å². The summed E-state index contributed by atoms with van der Waals surface area (Å²) in [6.45, 7) is 5.96. The van der Waals surface area contributed by atoms with Crippen LogP contribution in [-0.4, -0.2) is 31.2 Å². The second kappa shape index (κ2) is 7.06. The second-order valence-electron chi connectivity index (χ2n) is 5.36. The average molecular weight is 453 g/mol. The predicted octanol–water partition coefficient (Wildman–Crippen LogP) is 3.38. The molecule has 24 heavy (non-hydrogen) atoms. The number of amides is 1. The van der Waals surface area contributed by atoms with Crippen molar-refractivity contribution in [2.75, 3.05) is 11.1 Å². The van der Waals surface area contributed by atoms with Gasteiger partial charge in [0.2, 0.25) is 11.1 Å². The van der Waals surface area contributed by atoms with Crippen molar-refractivity contribution in [3.63, 3.8) is 0 Å². The normalized spacial score (nSPS) is 11.0. The van der Waals surface area contributed by atoms with E-state index in [4.69, 9.17) is 0 Å². The van der Waals surface area contributed by atoms with Crippen molar-refractivity contribution >= 4 is 51.7 Å². The van der Waals surface area contributed by atoms with Gasteiger partial charge in [0, 0.05) is 20.6 Å². The largest absolute Gasteiger partial charge is 0.325 e. The van der Waals surface area contributed by atoms with Crippen LogP contribution in [0.1, 0.15) is 17.0 Å². The molecule has 2 heterocycles. The topological polar surface area (TPSA) is 72.2 Å². The maximum Gasteiger partial charge on any atom is 0.253 e. The van der Waals surface area contributed by atoms with E-state index in [1.807, 2.05) is 45.0 Å². The van der Waals surface area contributed by atoms with Gasteiger partial charge in [0.15, 0.2) is 0 Å². The molecular formula is C16H16IN5OS. The van der Waals surface area contributed by atoms with Crippen LogP contribution in [0.15, 0.2) is 29.4 Å². The van der Waals surface area contributed by atoms with E-state index in [1.54, 1.807) is 4.52 Å². The van der Waals surface area contributed by atoms with Crippen molar-refractivity contribution in [2.45, 2.75) is 25.9 Å². The summed E-state index contributed by atoms with van der Waals surface area (Å²) in [6, 6.07) is 7.66. The van der Waals surface area contributed by atoms with Crippen LogP contribution in [0, 0.1) is 24.3 Å². The fourth-order valence-corrected chi connectivity index (χ4v) is 3.14. The van der Waals surface area contributed by atoms with E-state index in [-0.39, 0.29) is 11.7 Å². The number of nitrogens with one attached hydrogen (secondary N) is 1. The van der Waals surface area contributed by atoms with Crippen LogP contribution in [0.25, 0.3) is 5.78 Å². The Morgan fingerprint density at radius 1 is 1.21 bits per heavy atom. The van der Waals surface area contributed by atoms with Gasteiger partial charge in [0.05, 0.1) is 5.75 Å². The highest BCUT2D eigenvalue weighted by molar-refractivity contribution is 14.1. The molecule has 3 aromatic rings. The summed E-state index contributed by atoms with van der Waals surface area (Å²) in [4.78, 5) is 20.9. The Balaban J connectivity index is 1.68. The van der Waals surface area contributed by atoms with Gasteiger partial charge < -0.3 is 5.32 Å². The van der Waals surface area contributed by atoms with E-state index < -0.39 is 0 Å². The van der Waals surface area contributed by atoms with Crippen LogP contribution >= 0.6 is 34.4 Å². The number of thioether (sulfide) groups is 1. The van der Waals surface area contributed by atoms with Crippen LogP contribution in [-0.2, 0) is 4.79 Å². The van der Waals surface area contributed by atoms with E-state index >= 15 is 0 Å². The van der Waals surface area contributed by atoms with Crippen molar-refractivity contribution in [3.05, 3.63) is 44.8 Å². The van der Waals surface area contributed by atoms with Crippen LogP contribution < -0.4 is 5.32 Å². The Bertz CT molecular complexity index is 907. The Kier molecular flexibility index (Phi) is 5.04. The van der Waals surface area contributed by atoms with Gasteiger partial charge in [-0.2, -0.15) is 4.98 Å². The number of aryl methyl sites for hydroxylation is 2. The predicted molar refractivity (Wildman–Crippen MR) is 104 cm³/mol. The minimum absolute atomic E-state index is 0.0860. The smallest absolute Gasteiger partial charge is 0.253 e. The molecule has 6 nitrogen and oxygen atoms in total. The van der Waals surface area contributed by atoms with E-state index in [1.165, 1.54) is 11.8 Å². The first-order chi connectivity index (χ1) is 11.4. The number of rotatable bonds is 4. The molecule has 1 aromatic carbocycles. The first-order valence-electron chi connectivity index (χ1n) is 7.33. The highest BCUT2D eigenvalue weighted by Gasteiger charge is 2.12. The first-order valence-corrected chi connectivity index (χ1v) is 9.39. The van der Waals surface area contributed by atoms with Crippen LogP contribution in [0.5, 0.6) is 0 Å². The monoisotopic (exact) mass is 453 g/mol. The van der Waals surface area contributed by atoms with Crippen molar-refractivity contribution in [2.24, 2.45) is 0 Å². The summed E-state index contributed by atoms with van der Waals surface area (Å²) in [7, 11) is 0. The number of fused-ring (bicyclic) bond motifs is 1. The van der Waals surface area contributed by atoms with Crippen molar-refractivity contribution < 1.29 is 4.79 Å². The molecule has 0 fully saturated rings. The van der Waals surface area contributed by atoms with Gasteiger partial charge in [-0.25, -0.2) is 9.50 Å². The third-order valence-electron chi connectivity index (χ3n) is 3.70. The number of carbonyl (C=O) groups is 1. The van der Waals surface area contributed by atoms with E-state index in [0.717, 1.165) is 26.2 Å². The van der Waals surface area contributed by atoms with Crippen molar-refractivity contribution in [1.29, 1.82) is 0 Å². The molecule has 0 radical (unpaired) electrons. The summed E-state index contributed by atoms with van der Waals surface area (Å²) in [5, 5.41) is 7.84. The fourth-order valence-electron chi connectivity index (χ4n) is 2.16. The van der Waals surface area contributed by atoms with Gasteiger partial charge in [-0.05, 0) is 73.2 Å².